The highest BCUT2D eigenvalue weighted by Crippen LogP contribution is 2.23. The number of hydrogen-bond donors (Lipinski definition) is 0. The van der Waals surface area contributed by atoms with Gasteiger partial charge in [0.05, 0.1) is 0 Å². The van der Waals surface area contributed by atoms with E-state index in [4.69, 9.17) is 4.11 Å². The van der Waals surface area contributed by atoms with Gasteiger partial charge in [0, 0.05) is 16.0 Å². The molecule has 0 spiro atoms. The molecule has 1 rings (SSSR count). The van der Waals surface area contributed by atoms with Crippen LogP contribution in [0.3, 0.4) is 0 Å². The summed E-state index contributed by atoms with van der Waals surface area (Å²) in [4.78, 5) is 3.95. The Bertz CT molecular complexity index is 290. The van der Waals surface area contributed by atoms with Gasteiger partial charge in [0.2, 0.25) is 0 Å². The topological polar surface area (TPSA) is 12.9 Å². The molecule has 0 saturated heterocycles. The maximum atomic E-state index is 7.36. The van der Waals surface area contributed by atoms with E-state index in [-0.39, 0.29) is 11.1 Å². The van der Waals surface area contributed by atoms with Crippen molar-refractivity contribution >= 4 is 0 Å². The number of hydrogen-bond acceptors (Lipinski definition) is 1. The maximum absolute atomic E-state index is 7.36. The zero-order valence-electron chi connectivity index (χ0n) is 10.2. The highest BCUT2D eigenvalue weighted by Gasteiger charge is 2.15. The summed E-state index contributed by atoms with van der Waals surface area (Å²) in [5.74, 6) is 0. The van der Waals surface area contributed by atoms with Crippen LogP contribution in [0.1, 0.15) is 36.1 Å². The molecule has 0 fully saturated rings. The number of nitrogens with zero attached hydrogens (tertiary/aromatic N) is 1. The first-order chi connectivity index (χ1) is 6.23. The smallest absolute Gasteiger partial charge is 0.0409 e. The van der Waals surface area contributed by atoms with Crippen molar-refractivity contribution in [2.24, 2.45) is 0 Å². The molecule has 0 N–H and O–H groups in total. The second-order valence-corrected chi connectivity index (χ2v) is 3.65. The minimum absolute atomic E-state index is 0.183. The molecule has 1 nitrogen and oxygen atoms in total. The van der Waals surface area contributed by atoms with E-state index in [0.717, 1.165) is 5.56 Å². The van der Waals surface area contributed by atoms with Crippen molar-refractivity contribution in [3.05, 3.63) is 29.6 Å². The lowest BCUT2D eigenvalue weighted by Gasteiger charge is -2.20. The second kappa shape index (κ2) is 2.65. The van der Waals surface area contributed by atoms with Crippen molar-refractivity contribution in [3.8, 4) is 0 Å². The Morgan fingerprint density at radius 1 is 1.45 bits per heavy atom. The van der Waals surface area contributed by atoms with Crippen molar-refractivity contribution < 1.29 is 4.11 Å². The van der Waals surface area contributed by atoms with Crippen molar-refractivity contribution in [1.82, 2.24) is 4.98 Å². The Hall–Kier alpha value is -0.850. The first-order valence-electron chi connectivity index (χ1n) is 5.19. The first-order valence-corrected chi connectivity index (χ1v) is 3.69. The summed E-state index contributed by atoms with van der Waals surface area (Å²) < 4.78 is 22.1. The molecule has 0 aliphatic carbocycles. The van der Waals surface area contributed by atoms with Gasteiger partial charge in [0.15, 0.2) is 0 Å². The van der Waals surface area contributed by atoms with Gasteiger partial charge in [0.1, 0.15) is 0 Å². The largest absolute Gasteiger partial charge is 0.261 e. The Labute approximate surface area is 72.7 Å². The molecule has 1 heterocycles. The van der Waals surface area contributed by atoms with Gasteiger partial charge in [-0.15, -0.1) is 0 Å². The van der Waals surface area contributed by atoms with Gasteiger partial charge in [-0.1, -0.05) is 26.8 Å². The molecule has 0 aliphatic heterocycles. The molecule has 1 aromatic rings. The summed E-state index contributed by atoms with van der Waals surface area (Å²) >= 11 is 0. The van der Waals surface area contributed by atoms with E-state index < -0.39 is 6.85 Å². The second-order valence-electron chi connectivity index (χ2n) is 3.65. The van der Waals surface area contributed by atoms with E-state index in [9.17, 15) is 0 Å². The van der Waals surface area contributed by atoms with E-state index in [1.165, 1.54) is 6.20 Å². The summed E-state index contributed by atoms with van der Waals surface area (Å²) in [5.41, 5.74) is 0.824. The standard InChI is InChI=1S/C10H15N/c1-8-9(10(2,3)4)6-5-7-11-8/h5-7H,1-4H3/i1D3. The number of aryl methyl sites for hydroxylation is 1. The molecule has 1 aromatic heterocycles. The van der Waals surface area contributed by atoms with E-state index in [2.05, 4.69) is 4.98 Å². The molecule has 0 saturated carbocycles. The van der Waals surface area contributed by atoms with Crippen LogP contribution in [0.2, 0.25) is 0 Å². The molecule has 60 valence electrons. The molecule has 0 radical (unpaired) electrons. The van der Waals surface area contributed by atoms with Crippen LogP contribution in [0, 0.1) is 6.85 Å². The van der Waals surface area contributed by atoms with Crippen molar-refractivity contribution in [2.45, 2.75) is 33.0 Å². The van der Waals surface area contributed by atoms with Gasteiger partial charge in [-0.25, -0.2) is 0 Å². The van der Waals surface area contributed by atoms with E-state index in [1.54, 1.807) is 6.07 Å². The van der Waals surface area contributed by atoms with Crippen LogP contribution in [-0.2, 0) is 5.41 Å². The summed E-state index contributed by atoms with van der Waals surface area (Å²) in [6.07, 6.45) is 1.52. The summed E-state index contributed by atoms with van der Waals surface area (Å²) in [6, 6.07) is 3.60. The van der Waals surface area contributed by atoms with Crippen LogP contribution < -0.4 is 0 Å². The fraction of sp³-hybridized carbons (Fsp3) is 0.500. The molecule has 0 aliphatic rings. The van der Waals surface area contributed by atoms with Crippen LogP contribution in [0.5, 0.6) is 0 Å². The molecule has 0 bridgehead atoms. The van der Waals surface area contributed by atoms with Crippen LogP contribution >= 0.6 is 0 Å². The molecule has 0 aromatic carbocycles. The summed E-state index contributed by atoms with van der Waals surface area (Å²) in [6.45, 7) is 3.83. The quantitative estimate of drug-likeness (QED) is 0.557. The Morgan fingerprint density at radius 2 is 2.18 bits per heavy atom. The highest BCUT2D eigenvalue weighted by molar-refractivity contribution is 5.25. The van der Waals surface area contributed by atoms with E-state index in [0.29, 0.717) is 0 Å². The molecule has 11 heavy (non-hydrogen) atoms. The van der Waals surface area contributed by atoms with Crippen molar-refractivity contribution in [1.29, 1.82) is 0 Å². The normalized spacial score (nSPS) is 16.8. The predicted molar refractivity (Wildman–Crippen MR) is 47.7 cm³/mol. The summed E-state index contributed by atoms with van der Waals surface area (Å²) in [7, 11) is 0. The monoisotopic (exact) mass is 152 g/mol. The first kappa shape index (κ1) is 4.91. The lowest BCUT2D eigenvalue weighted by atomic mass is 9.86. The minimum Gasteiger partial charge on any atom is -0.261 e. The molecule has 0 unspecified atom stereocenters. The molecule has 1 heteroatoms. The minimum atomic E-state index is -2.12. The highest BCUT2D eigenvalue weighted by atomic mass is 14.7. The third kappa shape index (κ3) is 1.79. The number of rotatable bonds is 0. The predicted octanol–water partition coefficient (Wildman–Crippen LogP) is 2.69. The van der Waals surface area contributed by atoms with E-state index >= 15 is 0 Å². The van der Waals surface area contributed by atoms with Gasteiger partial charge in [-0.3, -0.25) is 4.98 Å². The Kier molecular flexibility index (Phi) is 1.18. The maximum Gasteiger partial charge on any atom is 0.0409 e. The van der Waals surface area contributed by atoms with Gasteiger partial charge in [-0.05, 0) is 23.9 Å². The lowest BCUT2D eigenvalue weighted by Crippen LogP contribution is -2.13. The fourth-order valence-electron chi connectivity index (χ4n) is 1.01. The molecule has 0 amide bonds. The van der Waals surface area contributed by atoms with Gasteiger partial charge >= 0.3 is 0 Å². The molecular weight excluding hydrogens is 134 g/mol. The molecule has 0 atom stereocenters. The SMILES string of the molecule is [2H]C([2H])([2H])c1ncccc1C(C)(C)C. The van der Waals surface area contributed by atoms with Crippen LogP contribution in [0.4, 0.5) is 0 Å². The van der Waals surface area contributed by atoms with Crippen LogP contribution in [-0.4, -0.2) is 4.98 Å². The van der Waals surface area contributed by atoms with Gasteiger partial charge in [0.25, 0.3) is 0 Å². The third-order valence-corrected chi connectivity index (χ3v) is 1.62. The Balaban J connectivity index is 3.31. The third-order valence-electron chi connectivity index (χ3n) is 1.62. The number of aromatic nitrogens is 1. The zero-order chi connectivity index (χ0) is 11.0. The summed E-state index contributed by atoms with van der Waals surface area (Å²) in [5, 5.41) is 0. The van der Waals surface area contributed by atoms with Gasteiger partial charge < -0.3 is 0 Å². The van der Waals surface area contributed by atoms with Crippen molar-refractivity contribution in [3.63, 3.8) is 0 Å². The van der Waals surface area contributed by atoms with E-state index in [1.807, 2.05) is 26.8 Å². The number of pyridine rings is 1. The average molecular weight is 152 g/mol. The molecular formula is C10H15N. The van der Waals surface area contributed by atoms with Crippen LogP contribution in [0.15, 0.2) is 18.3 Å². The lowest BCUT2D eigenvalue weighted by molar-refractivity contribution is 0.582. The fourth-order valence-corrected chi connectivity index (χ4v) is 1.01. The van der Waals surface area contributed by atoms with Crippen molar-refractivity contribution in [2.75, 3.05) is 0 Å². The van der Waals surface area contributed by atoms with Crippen LogP contribution in [0.25, 0.3) is 0 Å². The zero-order valence-corrected chi connectivity index (χ0v) is 7.18. The van der Waals surface area contributed by atoms with Gasteiger partial charge in [-0.2, -0.15) is 0 Å². The average Bonchev–Trinajstić information content (AvgIpc) is 2.01. The Morgan fingerprint density at radius 3 is 2.64 bits per heavy atom.